The van der Waals surface area contributed by atoms with Crippen molar-refractivity contribution in [2.75, 3.05) is 6.61 Å². The smallest absolute Gasteiger partial charge is 0.191 e. The summed E-state index contributed by atoms with van der Waals surface area (Å²) in [6, 6.07) is 7.20. The summed E-state index contributed by atoms with van der Waals surface area (Å²) in [5.74, 6) is 0.609. The molecule has 0 radical (unpaired) electrons. The van der Waals surface area contributed by atoms with Crippen LogP contribution in [0.3, 0.4) is 0 Å². The van der Waals surface area contributed by atoms with Crippen molar-refractivity contribution in [2.45, 2.75) is 69.4 Å². The molecule has 0 aliphatic carbocycles. The van der Waals surface area contributed by atoms with Gasteiger partial charge in [0, 0.05) is 0 Å². The van der Waals surface area contributed by atoms with Crippen molar-refractivity contribution in [3.8, 4) is 0 Å². The quantitative estimate of drug-likeness (QED) is 0.691. The Hall–Kier alpha value is -1.29. The van der Waals surface area contributed by atoms with Crippen molar-refractivity contribution in [3.05, 3.63) is 41.7 Å². The van der Waals surface area contributed by atoms with Crippen LogP contribution >= 0.6 is 0 Å². The standard InChI is InChI=1S/C20H30O3S/c1-5-6-14-20(16(2)3,19-9-7-8-15-23-19)24(21,22)18-12-10-17(4)11-13-18/h9-13,16H,5-8,14-15H2,1-4H3. The molecule has 0 N–H and O–H groups in total. The lowest BCUT2D eigenvalue weighted by Gasteiger charge is -2.40. The van der Waals surface area contributed by atoms with Gasteiger partial charge < -0.3 is 4.74 Å². The van der Waals surface area contributed by atoms with Crippen LogP contribution in [0.2, 0.25) is 0 Å². The van der Waals surface area contributed by atoms with Gasteiger partial charge in [-0.3, -0.25) is 0 Å². The number of aryl methyl sites for hydroxylation is 1. The van der Waals surface area contributed by atoms with Crippen LogP contribution < -0.4 is 0 Å². The average molecular weight is 351 g/mol. The maximum absolute atomic E-state index is 13.7. The molecule has 1 aliphatic heterocycles. The fraction of sp³-hybridized carbons (Fsp3) is 0.600. The molecule has 1 heterocycles. The predicted molar refractivity (Wildman–Crippen MR) is 98.7 cm³/mol. The van der Waals surface area contributed by atoms with Crippen molar-refractivity contribution in [1.29, 1.82) is 0 Å². The topological polar surface area (TPSA) is 43.4 Å². The summed E-state index contributed by atoms with van der Waals surface area (Å²) in [6.45, 7) is 8.67. The molecule has 24 heavy (non-hydrogen) atoms. The minimum atomic E-state index is -3.54. The lowest BCUT2D eigenvalue weighted by Crippen LogP contribution is -2.47. The first-order valence-corrected chi connectivity index (χ1v) is 10.5. The number of benzene rings is 1. The zero-order valence-electron chi connectivity index (χ0n) is 15.3. The van der Waals surface area contributed by atoms with Crippen LogP contribution in [-0.2, 0) is 14.6 Å². The number of hydrogen-bond acceptors (Lipinski definition) is 3. The third-order valence-corrected chi connectivity index (χ3v) is 7.73. The van der Waals surface area contributed by atoms with E-state index in [1.807, 2.05) is 39.0 Å². The number of allylic oxidation sites excluding steroid dienone is 1. The third-order valence-electron chi connectivity index (χ3n) is 5.00. The normalized spacial score (nSPS) is 18.0. The third kappa shape index (κ3) is 3.39. The molecule has 1 aliphatic rings. The van der Waals surface area contributed by atoms with Crippen LogP contribution in [-0.4, -0.2) is 19.8 Å². The van der Waals surface area contributed by atoms with E-state index in [2.05, 4.69) is 6.92 Å². The molecule has 134 valence electrons. The summed E-state index contributed by atoms with van der Waals surface area (Å²) in [5.41, 5.74) is 1.06. The molecule has 1 atom stereocenters. The summed E-state index contributed by atoms with van der Waals surface area (Å²) < 4.78 is 32.3. The number of hydrogen-bond donors (Lipinski definition) is 0. The van der Waals surface area contributed by atoms with Crippen LogP contribution in [0.5, 0.6) is 0 Å². The summed E-state index contributed by atoms with van der Waals surface area (Å²) >= 11 is 0. The minimum Gasteiger partial charge on any atom is -0.497 e. The van der Waals surface area contributed by atoms with Crippen LogP contribution in [0, 0.1) is 12.8 Å². The van der Waals surface area contributed by atoms with Gasteiger partial charge in [-0.15, -0.1) is 0 Å². The molecule has 0 aromatic heterocycles. The zero-order valence-corrected chi connectivity index (χ0v) is 16.2. The molecule has 0 saturated carbocycles. The highest BCUT2D eigenvalue weighted by Gasteiger charge is 2.51. The van der Waals surface area contributed by atoms with E-state index in [-0.39, 0.29) is 5.92 Å². The highest BCUT2D eigenvalue weighted by Crippen LogP contribution is 2.44. The molecule has 4 heteroatoms. The second-order valence-corrected chi connectivity index (χ2v) is 9.23. The predicted octanol–water partition coefficient (Wildman–Crippen LogP) is 5.05. The Kier molecular flexibility index (Phi) is 6.13. The first-order chi connectivity index (χ1) is 11.4. The molecule has 1 unspecified atom stereocenters. The molecule has 3 nitrogen and oxygen atoms in total. The highest BCUT2D eigenvalue weighted by atomic mass is 32.2. The number of ether oxygens (including phenoxy) is 1. The van der Waals surface area contributed by atoms with Gasteiger partial charge in [-0.2, -0.15) is 0 Å². The SMILES string of the molecule is CCCCC(C1=CCCCO1)(C(C)C)S(=O)(=O)c1ccc(C)cc1. The van der Waals surface area contributed by atoms with E-state index in [4.69, 9.17) is 4.74 Å². The Morgan fingerprint density at radius 1 is 1.21 bits per heavy atom. The van der Waals surface area contributed by atoms with E-state index in [1.54, 1.807) is 12.1 Å². The van der Waals surface area contributed by atoms with Gasteiger partial charge in [0.25, 0.3) is 0 Å². The van der Waals surface area contributed by atoms with Gasteiger partial charge in [0.1, 0.15) is 10.5 Å². The van der Waals surface area contributed by atoms with E-state index in [0.717, 1.165) is 31.2 Å². The molecular weight excluding hydrogens is 320 g/mol. The van der Waals surface area contributed by atoms with Gasteiger partial charge >= 0.3 is 0 Å². The molecule has 2 rings (SSSR count). The number of sulfone groups is 1. The molecule has 0 spiro atoms. The van der Waals surface area contributed by atoms with Crippen molar-refractivity contribution < 1.29 is 13.2 Å². The van der Waals surface area contributed by atoms with E-state index in [0.29, 0.717) is 23.7 Å². The van der Waals surface area contributed by atoms with E-state index in [9.17, 15) is 8.42 Å². The van der Waals surface area contributed by atoms with Crippen LogP contribution in [0.4, 0.5) is 0 Å². The fourth-order valence-electron chi connectivity index (χ4n) is 3.49. The van der Waals surface area contributed by atoms with E-state index >= 15 is 0 Å². The average Bonchev–Trinajstić information content (AvgIpc) is 2.56. The lowest BCUT2D eigenvalue weighted by atomic mass is 9.86. The molecule has 0 fully saturated rings. The van der Waals surface area contributed by atoms with Gasteiger partial charge in [-0.1, -0.05) is 51.3 Å². The lowest BCUT2D eigenvalue weighted by molar-refractivity contribution is 0.148. The summed E-state index contributed by atoms with van der Waals surface area (Å²) in [6.07, 6.45) is 6.28. The number of unbranched alkanes of at least 4 members (excludes halogenated alkanes) is 1. The molecule has 0 amide bonds. The first kappa shape index (κ1) is 19.0. The molecular formula is C20H30O3S. The largest absolute Gasteiger partial charge is 0.497 e. The monoisotopic (exact) mass is 350 g/mol. The Balaban J connectivity index is 2.62. The molecule has 1 aromatic carbocycles. The van der Waals surface area contributed by atoms with Crippen molar-refractivity contribution in [3.63, 3.8) is 0 Å². The highest BCUT2D eigenvalue weighted by molar-refractivity contribution is 7.93. The molecule has 0 bridgehead atoms. The Bertz CT molecular complexity index is 671. The summed E-state index contributed by atoms with van der Waals surface area (Å²) in [7, 11) is -3.54. The van der Waals surface area contributed by atoms with Crippen molar-refractivity contribution in [1.82, 2.24) is 0 Å². The van der Waals surface area contributed by atoms with Crippen molar-refractivity contribution in [2.24, 2.45) is 5.92 Å². The van der Waals surface area contributed by atoms with E-state index in [1.165, 1.54) is 0 Å². The zero-order chi connectivity index (χ0) is 17.8. The maximum atomic E-state index is 13.7. The van der Waals surface area contributed by atoms with Gasteiger partial charge in [-0.25, -0.2) is 8.42 Å². The Morgan fingerprint density at radius 3 is 2.38 bits per heavy atom. The van der Waals surface area contributed by atoms with Gasteiger partial charge in [-0.05, 0) is 50.3 Å². The number of rotatable bonds is 7. The van der Waals surface area contributed by atoms with Crippen LogP contribution in [0.15, 0.2) is 41.0 Å². The van der Waals surface area contributed by atoms with Crippen LogP contribution in [0.1, 0.15) is 58.4 Å². The Morgan fingerprint density at radius 2 is 1.88 bits per heavy atom. The van der Waals surface area contributed by atoms with Crippen molar-refractivity contribution >= 4 is 9.84 Å². The van der Waals surface area contributed by atoms with E-state index < -0.39 is 14.6 Å². The fourth-order valence-corrected chi connectivity index (χ4v) is 5.85. The van der Waals surface area contributed by atoms with Gasteiger partial charge in [0.2, 0.25) is 0 Å². The Labute approximate surface area is 147 Å². The van der Waals surface area contributed by atoms with Gasteiger partial charge in [0.05, 0.1) is 11.5 Å². The summed E-state index contributed by atoms with van der Waals surface area (Å²) in [4.78, 5) is 0.396. The molecule has 0 saturated heterocycles. The van der Waals surface area contributed by atoms with Crippen LogP contribution in [0.25, 0.3) is 0 Å². The second-order valence-electron chi connectivity index (χ2n) is 7.02. The van der Waals surface area contributed by atoms with Gasteiger partial charge in [0.15, 0.2) is 9.84 Å². The maximum Gasteiger partial charge on any atom is 0.191 e. The summed E-state index contributed by atoms with van der Waals surface area (Å²) in [5, 5.41) is 0. The molecule has 1 aromatic rings. The first-order valence-electron chi connectivity index (χ1n) is 9.01. The minimum absolute atomic E-state index is 0.0558. The second kappa shape index (κ2) is 7.73.